The van der Waals surface area contributed by atoms with Crippen LogP contribution in [0.15, 0.2) is 40.9 Å². The fraction of sp³-hybridized carbons (Fsp3) is 0.143. The summed E-state index contributed by atoms with van der Waals surface area (Å²) in [5, 5.41) is 11.2. The molecule has 0 bridgehead atoms. The SMILES string of the molecule is O=[N+]([O-])c1ccc(OCc2cc(F)cc(Br)c2)c(CBr)c1. The van der Waals surface area contributed by atoms with Crippen molar-refractivity contribution in [3.8, 4) is 5.75 Å². The molecule has 0 amide bonds. The van der Waals surface area contributed by atoms with E-state index in [1.165, 1.54) is 24.3 Å². The lowest BCUT2D eigenvalue weighted by atomic mass is 10.2. The third-order valence-corrected chi connectivity index (χ3v) is 3.78. The van der Waals surface area contributed by atoms with Crippen LogP contribution in [0.2, 0.25) is 0 Å². The monoisotopic (exact) mass is 417 g/mol. The zero-order valence-electron chi connectivity index (χ0n) is 10.7. The Bertz CT molecular complexity index is 659. The van der Waals surface area contributed by atoms with Crippen LogP contribution in [-0.2, 0) is 11.9 Å². The van der Waals surface area contributed by atoms with E-state index >= 15 is 0 Å². The second kappa shape index (κ2) is 7.00. The van der Waals surface area contributed by atoms with E-state index in [0.29, 0.717) is 26.7 Å². The van der Waals surface area contributed by atoms with Crippen molar-refractivity contribution in [2.45, 2.75) is 11.9 Å². The van der Waals surface area contributed by atoms with Crippen LogP contribution < -0.4 is 4.74 Å². The molecule has 110 valence electrons. The number of nitro benzene ring substituents is 1. The summed E-state index contributed by atoms with van der Waals surface area (Å²) in [6, 6.07) is 8.86. The van der Waals surface area contributed by atoms with Crippen LogP contribution in [0.3, 0.4) is 0 Å². The van der Waals surface area contributed by atoms with Gasteiger partial charge in [-0.2, -0.15) is 0 Å². The van der Waals surface area contributed by atoms with E-state index in [4.69, 9.17) is 4.74 Å². The van der Waals surface area contributed by atoms with E-state index in [0.717, 1.165) is 0 Å². The standard InChI is InChI=1S/C14H10Br2FNO3/c15-7-10-5-13(18(19)20)1-2-14(10)21-8-9-3-11(16)6-12(17)4-9/h1-6H,7-8H2. The van der Waals surface area contributed by atoms with E-state index in [-0.39, 0.29) is 18.1 Å². The molecule has 2 aromatic carbocycles. The molecule has 0 fully saturated rings. The average molecular weight is 419 g/mol. The zero-order valence-corrected chi connectivity index (χ0v) is 13.9. The number of non-ortho nitro benzene ring substituents is 1. The number of alkyl halides is 1. The largest absolute Gasteiger partial charge is 0.489 e. The third-order valence-electron chi connectivity index (χ3n) is 2.72. The Labute approximate surface area is 137 Å². The van der Waals surface area contributed by atoms with E-state index in [1.54, 1.807) is 12.1 Å². The molecule has 0 aliphatic rings. The van der Waals surface area contributed by atoms with E-state index in [1.807, 2.05) is 0 Å². The quantitative estimate of drug-likeness (QED) is 0.391. The van der Waals surface area contributed by atoms with Gasteiger partial charge in [-0.25, -0.2) is 4.39 Å². The van der Waals surface area contributed by atoms with Gasteiger partial charge in [-0.1, -0.05) is 31.9 Å². The van der Waals surface area contributed by atoms with Crippen LogP contribution in [0.5, 0.6) is 5.75 Å². The van der Waals surface area contributed by atoms with Crippen LogP contribution in [0, 0.1) is 15.9 Å². The molecule has 7 heteroatoms. The van der Waals surface area contributed by atoms with Gasteiger partial charge >= 0.3 is 0 Å². The van der Waals surface area contributed by atoms with Crippen molar-refractivity contribution in [2.75, 3.05) is 0 Å². The molecule has 0 unspecified atom stereocenters. The van der Waals surface area contributed by atoms with E-state index < -0.39 is 4.92 Å². The van der Waals surface area contributed by atoms with Gasteiger partial charge in [0.05, 0.1) is 4.92 Å². The molecule has 2 aromatic rings. The average Bonchev–Trinajstić information content (AvgIpc) is 2.43. The van der Waals surface area contributed by atoms with Gasteiger partial charge in [0, 0.05) is 27.5 Å². The Morgan fingerprint density at radius 3 is 2.62 bits per heavy atom. The summed E-state index contributed by atoms with van der Waals surface area (Å²) in [4.78, 5) is 10.3. The van der Waals surface area contributed by atoms with Crippen LogP contribution in [-0.4, -0.2) is 4.92 Å². The van der Waals surface area contributed by atoms with Crippen LogP contribution in [0.25, 0.3) is 0 Å². The highest BCUT2D eigenvalue weighted by atomic mass is 79.9. The fourth-order valence-electron chi connectivity index (χ4n) is 1.78. The highest BCUT2D eigenvalue weighted by Gasteiger charge is 2.11. The van der Waals surface area contributed by atoms with Crippen molar-refractivity contribution in [1.82, 2.24) is 0 Å². The van der Waals surface area contributed by atoms with Gasteiger partial charge in [-0.15, -0.1) is 0 Å². The van der Waals surface area contributed by atoms with Crippen molar-refractivity contribution in [2.24, 2.45) is 0 Å². The van der Waals surface area contributed by atoms with Gasteiger partial charge in [-0.05, 0) is 29.8 Å². The number of nitrogens with zero attached hydrogens (tertiary/aromatic N) is 1. The number of rotatable bonds is 5. The summed E-state index contributed by atoms with van der Waals surface area (Å²) in [5.41, 5.74) is 1.34. The van der Waals surface area contributed by atoms with Gasteiger partial charge in [0.15, 0.2) is 0 Å². The van der Waals surface area contributed by atoms with Crippen molar-refractivity contribution >= 4 is 37.5 Å². The van der Waals surface area contributed by atoms with Gasteiger partial charge in [0.25, 0.3) is 5.69 Å². The van der Waals surface area contributed by atoms with Gasteiger partial charge in [-0.3, -0.25) is 10.1 Å². The molecule has 0 radical (unpaired) electrons. The summed E-state index contributed by atoms with van der Waals surface area (Å²) in [7, 11) is 0. The Hall–Kier alpha value is -1.47. The summed E-state index contributed by atoms with van der Waals surface area (Å²) < 4.78 is 19.5. The first kappa shape index (κ1) is 15.9. The van der Waals surface area contributed by atoms with E-state index in [9.17, 15) is 14.5 Å². The predicted molar refractivity (Wildman–Crippen MR) is 84.2 cm³/mol. The molecule has 0 spiro atoms. The fourth-order valence-corrected chi connectivity index (χ4v) is 2.73. The maximum Gasteiger partial charge on any atom is 0.270 e. The predicted octanol–water partition coefficient (Wildman–Crippen LogP) is 4.97. The molecule has 0 saturated carbocycles. The minimum absolute atomic E-state index is 0.00491. The lowest BCUT2D eigenvalue weighted by Gasteiger charge is -2.10. The normalized spacial score (nSPS) is 10.4. The minimum atomic E-state index is -0.459. The second-order valence-electron chi connectivity index (χ2n) is 4.25. The number of hydrogen-bond donors (Lipinski definition) is 0. The van der Waals surface area contributed by atoms with Crippen LogP contribution >= 0.6 is 31.9 Å². The van der Waals surface area contributed by atoms with Crippen molar-refractivity contribution < 1.29 is 14.1 Å². The van der Waals surface area contributed by atoms with Gasteiger partial charge in [0.1, 0.15) is 18.2 Å². The summed E-state index contributed by atoms with van der Waals surface area (Å²) in [6.45, 7) is 0.175. The lowest BCUT2D eigenvalue weighted by Crippen LogP contribution is -1.99. The highest BCUT2D eigenvalue weighted by Crippen LogP contribution is 2.27. The second-order valence-corrected chi connectivity index (χ2v) is 5.73. The Balaban J connectivity index is 2.17. The topological polar surface area (TPSA) is 52.4 Å². The summed E-state index contributed by atoms with van der Waals surface area (Å²) in [6.07, 6.45) is 0. The third kappa shape index (κ3) is 4.25. The molecule has 0 heterocycles. The Morgan fingerprint density at radius 2 is 2.00 bits per heavy atom. The molecule has 0 N–H and O–H groups in total. The van der Waals surface area contributed by atoms with Crippen molar-refractivity contribution in [1.29, 1.82) is 0 Å². The number of halogens is 3. The molecule has 4 nitrogen and oxygen atoms in total. The molecule has 21 heavy (non-hydrogen) atoms. The molecule has 0 aliphatic heterocycles. The maximum atomic E-state index is 13.3. The van der Waals surface area contributed by atoms with Crippen molar-refractivity contribution in [3.63, 3.8) is 0 Å². The zero-order chi connectivity index (χ0) is 15.4. The molecule has 0 aliphatic carbocycles. The number of nitro groups is 1. The van der Waals surface area contributed by atoms with Crippen LogP contribution in [0.1, 0.15) is 11.1 Å². The smallest absolute Gasteiger partial charge is 0.270 e. The number of benzene rings is 2. The number of ether oxygens (including phenoxy) is 1. The molecular weight excluding hydrogens is 409 g/mol. The first-order valence-electron chi connectivity index (χ1n) is 5.90. The molecular formula is C14H10Br2FNO3. The first-order valence-corrected chi connectivity index (χ1v) is 7.82. The molecule has 2 rings (SSSR count). The minimum Gasteiger partial charge on any atom is -0.489 e. The summed E-state index contributed by atoms with van der Waals surface area (Å²) in [5.74, 6) is 0.172. The Morgan fingerprint density at radius 1 is 1.24 bits per heavy atom. The molecule has 0 aromatic heterocycles. The highest BCUT2D eigenvalue weighted by molar-refractivity contribution is 9.10. The maximum absolute atomic E-state index is 13.3. The first-order chi connectivity index (χ1) is 9.99. The molecule has 0 saturated heterocycles. The van der Waals surface area contributed by atoms with Crippen molar-refractivity contribution in [3.05, 3.63) is 67.9 Å². The summed E-state index contributed by atoms with van der Waals surface area (Å²) >= 11 is 6.49. The van der Waals surface area contributed by atoms with Gasteiger partial charge in [0.2, 0.25) is 0 Å². The number of hydrogen-bond acceptors (Lipinski definition) is 3. The lowest BCUT2D eigenvalue weighted by molar-refractivity contribution is -0.384. The molecule has 0 atom stereocenters. The van der Waals surface area contributed by atoms with Crippen LogP contribution in [0.4, 0.5) is 10.1 Å². The van der Waals surface area contributed by atoms with E-state index in [2.05, 4.69) is 31.9 Å². The Kier molecular flexibility index (Phi) is 5.30. The van der Waals surface area contributed by atoms with Gasteiger partial charge < -0.3 is 4.74 Å².